The molecule has 0 aliphatic heterocycles. The van der Waals surface area contributed by atoms with Crippen molar-refractivity contribution in [3.05, 3.63) is 54.4 Å². The van der Waals surface area contributed by atoms with Crippen LogP contribution in [0.15, 0.2) is 53.6 Å². The van der Waals surface area contributed by atoms with Gasteiger partial charge in [0.15, 0.2) is 0 Å². The van der Waals surface area contributed by atoms with Crippen molar-refractivity contribution in [3.8, 4) is 0 Å². The Labute approximate surface area is 125 Å². The van der Waals surface area contributed by atoms with E-state index in [4.69, 9.17) is 5.73 Å². The SMILES string of the molecule is Nc1ccc2nc(CSc3cc4ccccc4[nH]3)[nH]c2c1. The van der Waals surface area contributed by atoms with Gasteiger partial charge in [0.05, 0.1) is 21.8 Å². The van der Waals surface area contributed by atoms with Crippen molar-refractivity contribution in [1.82, 2.24) is 15.0 Å². The number of hydrogen-bond acceptors (Lipinski definition) is 3. The predicted molar refractivity (Wildman–Crippen MR) is 88.4 cm³/mol. The molecule has 104 valence electrons. The fourth-order valence-electron chi connectivity index (χ4n) is 2.42. The van der Waals surface area contributed by atoms with E-state index in [1.54, 1.807) is 11.8 Å². The van der Waals surface area contributed by atoms with Crippen LogP contribution in [0, 0.1) is 0 Å². The van der Waals surface area contributed by atoms with Gasteiger partial charge in [-0.1, -0.05) is 18.2 Å². The molecule has 4 nitrogen and oxygen atoms in total. The van der Waals surface area contributed by atoms with E-state index in [-0.39, 0.29) is 0 Å². The highest BCUT2D eigenvalue weighted by Crippen LogP contribution is 2.26. The Hall–Kier alpha value is -2.40. The maximum Gasteiger partial charge on any atom is 0.117 e. The van der Waals surface area contributed by atoms with Gasteiger partial charge >= 0.3 is 0 Å². The Morgan fingerprint density at radius 3 is 2.81 bits per heavy atom. The van der Waals surface area contributed by atoms with Gasteiger partial charge in [-0.25, -0.2) is 4.98 Å². The molecule has 2 heterocycles. The first-order chi connectivity index (χ1) is 10.3. The first kappa shape index (κ1) is 12.3. The Kier molecular flexibility index (Phi) is 2.86. The van der Waals surface area contributed by atoms with Gasteiger partial charge in [-0.15, -0.1) is 11.8 Å². The molecule has 2 aromatic heterocycles. The fourth-order valence-corrected chi connectivity index (χ4v) is 3.24. The summed E-state index contributed by atoms with van der Waals surface area (Å²) in [7, 11) is 0. The van der Waals surface area contributed by atoms with Gasteiger partial charge in [-0.05, 0) is 30.3 Å². The van der Waals surface area contributed by atoms with Crippen molar-refractivity contribution in [1.29, 1.82) is 0 Å². The third-order valence-electron chi connectivity index (χ3n) is 3.42. The van der Waals surface area contributed by atoms with Gasteiger partial charge in [0.2, 0.25) is 0 Å². The topological polar surface area (TPSA) is 70.5 Å². The highest BCUT2D eigenvalue weighted by atomic mass is 32.2. The third kappa shape index (κ3) is 2.36. The minimum Gasteiger partial charge on any atom is -0.399 e. The van der Waals surface area contributed by atoms with E-state index in [1.165, 1.54) is 5.39 Å². The van der Waals surface area contributed by atoms with E-state index < -0.39 is 0 Å². The summed E-state index contributed by atoms with van der Waals surface area (Å²) in [4.78, 5) is 11.3. The predicted octanol–water partition coefficient (Wildman–Crippen LogP) is 3.92. The van der Waals surface area contributed by atoms with Crippen LogP contribution in [-0.4, -0.2) is 15.0 Å². The molecule has 5 heteroatoms. The summed E-state index contributed by atoms with van der Waals surface area (Å²) < 4.78 is 0. The number of aromatic nitrogens is 3. The lowest BCUT2D eigenvalue weighted by molar-refractivity contribution is 1.13. The quantitative estimate of drug-likeness (QED) is 0.396. The van der Waals surface area contributed by atoms with Crippen LogP contribution in [0.2, 0.25) is 0 Å². The van der Waals surface area contributed by atoms with Crippen molar-refractivity contribution in [2.45, 2.75) is 10.8 Å². The molecule has 0 saturated carbocycles. The van der Waals surface area contributed by atoms with Crippen molar-refractivity contribution < 1.29 is 0 Å². The number of H-pyrrole nitrogens is 2. The Bertz CT molecular complexity index is 889. The standard InChI is InChI=1S/C16H14N4S/c17-11-5-6-13-14(8-11)19-15(18-13)9-21-16-7-10-3-1-2-4-12(10)20-16/h1-8,20H,9,17H2,(H,18,19). The Morgan fingerprint density at radius 2 is 1.90 bits per heavy atom. The van der Waals surface area contributed by atoms with Crippen molar-refractivity contribution in [3.63, 3.8) is 0 Å². The summed E-state index contributed by atoms with van der Waals surface area (Å²) in [6, 6.07) is 16.2. The summed E-state index contributed by atoms with van der Waals surface area (Å²) in [6.45, 7) is 0. The maximum atomic E-state index is 5.78. The lowest BCUT2D eigenvalue weighted by Gasteiger charge is -1.94. The van der Waals surface area contributed by atoms with Crippen LogP contribution >= 0.6 is 11.8 Å². The molecule has 0 radical (unpaired) electrons. The number of nitrogens with two attached hydrogens (primary N) is 1. The number of para-hydroxylation sites is 1. The second-order valence-corrected chi connectivity index (χ2v) is 5.99. The smallest absolute Gasteiger partial charge is 0.117 e. The van der Waals surface area contributed by atoms with Gasteiger partial charge in [0.25, 0.3) is 0 Å². The largest absolute Gasteiger partial charge is 0.399 e. The van der Waals surface area contributed by atoms with Crippen molar-refractivity contribution in [2.75, 3.05) is 5.73 Å². The first-order valence-corrected chi connectivity index (χ1v) is 7.71. The second-order valence-electron chi connectivity index (χ2n) is 4.97. The molecule has 0 atom stereocenters. The minimum atomic E-state index is 0.751. The summed E-state index contributed by atoms with van der Waals surface area (Å²) >= 11 is 1.74. The number of thioether (sulfide) groups is 1. The summed E-state index contributed by atoms with van der Waals surface area (Å²) in [5.41, 5.74) is 9.64. The molecule has 4 rings (SSSR count). The summed E-state index contributed by atoms with van der Waals surface area (Å²) in [6.07, 6.45) is 0. The van der Waals surface area contributed by atoms with Gasteiger partial charge in [-0.2, -0.15) is 0 Å². The van der Waals surface area contributed by atoms with E-state index in [9.17, 15) is 0 Å². The van der Waals surface area contributed by atoms with Gasteiger partial charge in [0.1, 0.15) is 5.82 Å². The summed E-state index contributed by atoms with van der Waals surface area (Å²) in [5, 5.41) is 2.38. The van der Waals surface area contributed by atoms with Crippen molar-refractivity contribution in [2.24, 2.45) is 0 Å². The van der Waals surface area contributed by atoms with Crippen molar-refractivity contribution >= 4 is 39.4 Å². The van der Waals surface area contributed by atoms with Crippen LogP contribution in [0.1, 0.15) is 5.82 Å². The molecule has 0 saturated heterocycles. The zero-order valence-corrected chi connectivity index (χ0v) is 12.1. The average molecular weight is 294 g/mol. The lowest BCUT2D eigenvalue weighted by atomic mass is 10.3. The zero-order valence-electron chi connectivity index (χ0n) is 11.3. The van der Waals surface area contributed by atoms with Gasteiger partial charge in [-0.3, -0.25) is 0 Å². The average Bonchev–Trinajstić information content (AvgIpc) is 3.07. The monoisotopic (exact) mass is 294 g/mol. The van der Waals surface area contributed by atoms with Gasteiger partial charge in [0, 0.05) is 16.6 Å². The lowest BCUT2D eigenvalue weighted by Crippen LogP contribution is -1.83. The molecule has 0 spiro atoms. The maximum absolute atomic E-state index is 5.78. The summed E-state index contributed by atoms with van der Waals surface area (Å²) in [5.74, 6) is 1.75. The molecule has 21 heavy (non-hydrogen) atoms. The molecule has 0 aliphatic rings. The molecule has 4 N–H and O–H groups in total. The molecule has 0 fully saturated rings. The van der Waals surface area contributed by atoms with E-state index in [2.05, 4.69) is 33.2 Å². The number of hydrogen-bond donors (Lipinski definition) is 3. The number of nitrogens with one attached hydrogen (secondary N) is 2. The number of rotatable bonds is 3. The number of nitrogen functional groups attached to an aromatic ring is 1. The highest BCUT2D eigenvalue weighted by molar-refractivity contribution is 7.98. The Morgan fingerprint density at radius 1 is 1.00 bits per heavy atom. The number of benzene rings is 2. The van der Waals surface area contributed by atoms with Crippen LogP contribution in [0.4, 0.5) is 5.69 Å². The molecule has 0 amide bonds. The van der Waals surface area contributed by atoms with Gasteiger partial charge < -0.3 is 15.7 Å². The zero-order chi connectivity index (χ0) is 14.2. The van der Waals surface area contributed by atoms with Crippen LogP contribution in [-0.2, 0) is 5.75 Å². The van der Waals surface area contributed by atoms with E-state index in [1.807, 2.05) is 30.3 Å². The third-order valence-corrected chi connectivity index (χ3v) is 4.37. The minimum absolute atomic E-state index is 0.751. The fraction of sp³-hybridized carbons (Fsp3) is 0.0625. The number of nitrogens with zero attached hydrogens (tertiary/aromatic N) is 1. The molecule has 0 unspecified atom stereocenters. The molecule has 0 aliphatic carbocycles. The van der Waals surface area contributed by atoms with Crippen LogP contribution in [0.25, 0.3) is 21.9 Å². The molecular weight excluding hydrogens is 280 g/mol. The normalized spacial score (nSPS) is 11.4. The Balaban J connectivity index is 1.57. The van der Waals surface area contributed by atoms with Crippen LogP contribution in [0.5, 0.6) is 0 Å². The van der Waals surface area contributed by atoms with E-state index in [0.29, 0.717) is 0 Å². The van der Waals surface area contributed by atoms with Crippen LogP contribution in [0.3, 0.4) is 0 Å². The molecule has 0 bridgehead atoms. The second kappa shape index (κ2) is 4.86. The highest BCUT2D eigenvalue weighted by Gasteiger charge is 2.05. The van der Waals surface area contributed by atoms with E-state index >= 15 is 0 Å². The molecular formula is C16H14N4S. The number of aromatic amines is 2. The van der Waals surface area contributed by atoms with Crippen LogP contribution < -0.4 is 5.73 Å². The number of imidazole rings is 1. The van der Waals surface area contributed by atoms with E-state index in [0.717, 1.165) is 38.8 Å². The number of anilines is 1. The molecule has 4 aromatic rings. The first-order valence-electron chi connectivity index (χ1n) is 6.72. The molecule has 2 aromatic carbocycles. The number of fused-ring (bicyclic) bond motifs is 2.